The summed E-state index contributed by atoms with van der Waals surface area (Å²) in [5.41, 5.74) is 6.20. The molecule has 22 heavy (non-hydrogen) atoms. The molecule has 0 unspecified atom stereocenters. The van der Waals surface area contributed by atoms with Gasteiger partial charge in [0.2, 0.25) is 0 Å². The minimum absolute atomic E-state index is 0.00235. The third kappa shape index (κ3) is 2.29. The molecule has 4 rings (SSSR count). The van der Waals surface area contributed by atoms with Gasteiger partial charge < -0.3 is 4.98 Å². The van der Waals surface area contributed by atoms with Crippen LogP contribution in [0.4, 0.5) is 0 Å². The highest BCUT2D eigenvalue weighted by molar-refractivity contribution is 9.10. The maximum Gasteiger partial charge on any atom is 0.256 e. The van der Waals surface area contributed by atoms with Gasteiger partial charge in [-0.3, -0.25) is 9.78 Å². The number of fused-ring (bicyclic) bond motifs is 3. The van der Waals surface area contributed by atoms with Crippen molar-refractivity contribution in [3.63, 3.8) is 0 Å². The standard InChI is InChI=1S/C18H13BrN2O/c19-14-3-4-16-12(8-14)7-13-9-15(21-18(22)17(13)16)6-11-2-1-5-20-10-11/h1-5,8-10H,6-7H2,(H,21,22). The van der Waals surface area contributed by atoms with Crippen LogP contribution < -0.4 is 5.56 Å². The lowest BCUT2D eigenvalue weighted by atomic mass is 10.1. The van der Waals surface area contributed by atoms with Gasteiger partial charge in [0.05, 0.1) is 5.56 Å². The Bertz CT molecular complexity index is 916. The summed E-state index contributed by atoms with van der Waals surface area (Å²) >= 11 is 3.49. The number of halogens is 1. The topological polar surface area (TPSA) is 45.8 Å². The smallest absolute Gasteiger partial charge is 0.256 e. The average molecular weight is 353 g/mol. The minimum Gasteiger partial charge on any atom is -0.325 e. The molecule has 0 amide bonds. The summed E-state index contributed by atoms with van der Waals surface area (Å²) in [5, 5.41) is 0. The van der Waals surface area contributed by atoms with Crippen LogP contribution in [0.25, 0.3) is 11.1 Å². The summed E-state index contributed by atoms with van der Waals surface area (Å²) in [4.78, 5) is 19.6. The zero-order valence-corrected chi connectivity index (χ0v) is 13.4. The van der Waals surface area contributed by atoms with Crippen LogP contribution in [-0.2, 0) is 12.8 Å². The fourth-order valence-electron chi connectivity index (χ4n) is 3.08. The molecule has 0 atom stereocenters. The van der Waals surface area contributed by atoms with Crippen LogP contribution in [0.15, 0.2) is 58.1 Å². The van der Waals surface area contributed by atoms with Gasteiger partial charge in [-0.2, -0.15) is 0 Å². The van der Waals surface area contributed by atoms with Crippen molar-refractivity contribution in [2.24, 2.45) is 0 Å². The number of pyridine rings is 2. The Morgan fingerprint density at radius 1 is 1.18 bits per heavy atom. The van der Waals surface area contributed by atoms with Gasteiger partial charge in [0, 0.05) is 29.0 Å². The molecular weight excluding hydrogens is 340 g/mol. The summed E-state index contributed by atoms with van der Waals surface area (Å²) in [6, 6.07) is 12.1. The van der Waals surface area contributed by atoms with E-state index < -0.39 is 0 Å². The number of rotatable bonds is 2. The highest BCUT2D eigenvalue weighted by Crippen LogP contribution is 2.35. The third-order valence-corrected chi connectivity index (χ3v) is 4.50. The maximum atomic E-state index is 12.5. The second kappa shape index (κ2) is 5.21. The van der Waals surface area contributed by atoms with E-state index in [0.717, 1.165) is 38.8 Å². The normalized spacial score (nSPS) is 12.0. The van der Waals surface area contributed by atoms with E-state index in [0.29, 0.717) is 6.42 Å². The fourth-order valence-corrected chi connectivity index (χ4v) is 3.49. The van der Waals surface area contributed by atoms with Crippen LogP contribution >= 0.6 is 15.9 Å². The first kappa shape index (κ1) is 13.5. The monoisotopic (exact) mass is 352 g/mol. The summed E-state index contributed by atoms with van der Waals surface area (Å²) < 4.78 is 1.05. The molecule has 108 valence electrons. The van der Waals surface area contributed by atoms with Crippen molar-refractivity contribution in [2.75, 3.05) is 0 Å². The van der Waals surface area contributed by atoms with Crippen molar-refractivity contribution in [2.45, 2.75) is 12.8 Å². The van der Waals surface area contributed by atoms with E-state index in [1.807, 2.05) is 30.5 Å². The number of aromatic nitrogens is 2. The number of hydrogen-bond acceptors (Lipinski definition) is 2. The van der Waals surface area contributed by atoms with E-state index in [9.17, 15) is 4.79 Å². The predicted molar refractivity (Wildman–Crippen MR) is 90.0 cm³/mol. The zero-order valence-electron chi connectivity index (χ0n) is 11.8. The van der Waals surface area contributed by atoms with Crippen molar-refractivity contribution in [3.8, 4) is 11.1 Å². The molecule has 3 nitrogen and oxygen atoms in total. The second-order valence-electron chi connectivity index (χ2n) is 5.54. The van der Waals surface area contributed by atoms with Crippen LogP contribution in [0.2, 0.25) is 0 Å². The molecule has 1 aliphatic carbocycles. The van der Waals surface area contributed by atoms with Crippen LogP contribution in [-0.4, -0.2) is 9.97 Å². The molecule has 0 aliphatic heterocycles. The molecule has 1 aromatic carbocycles. The van der Waals surface area contributed by atoms with Crippen molar-refractivity contribution in [1.82, 2.24) is 9.97 Å². The van der Waals surface area contributed by atoms with Gasteiger partial charge in [-0.25, -0.2) is 0 Å². The quantitative estimate of drug-likeness (QED) is 0.597. The van der Waals surface area contributed by atoms with Gasteiger partial charge in [0.15, 0.2) is 0 Å². The molecule has 0 saturated heterocycles. The van der Waals surface area contributed by atoms with Crippen molar-refractivity contribution in [1.29, 1.82) is 0 Å². The Morgan fingerprint density at radius 3 is 2.91 bits per heavy atom. The van der Waals surface area contributed by atoms with Crippen LogP contribution in [0.5, 0.6) is 0 Å². The van der Waals surface area contributed by atoms with E-state index in [1.54, 1.807) is 6.20 Å². The van der Waals surface area contributed by atoms with Gasteiger partial charge in [0.25, 0.3) is 5.56 Å². The summed E-state index contributed by atoms with van der Waals surface area (Å²) in [5.74, 6) is 0. The number of H-pyrrole nitrogens is 1. The number of benzene rings is 1. The van der Waals surface area contributed by atoms with Crippen molar-refractivity contribution < 1.29 is 0 Å². The second-order valence-corrected chi connectivity index (χ2v) is 6.46. The summed E-state index contributed by atoms with van der Waals surface area (Å²) in [7, 11) is 0. The molecule has 0 bridgehead atoms. The Morgan fingerprint density at radius 2 is 2.09 bits per heavy atom. The first-order valence-corrected chi connectivity index (χ1v) is 7.93. The molecule has 1 aliphatic rings. The van der Waals surface area contributed by atoms with Gasteiger partial charge in [-0.15, -0.1) is 0 Å². The molecule has 0 spiro atoms. The molecule has 2 aromatic heterocycles. The largest absolute Gasteiger partial charge is 0.325 e. The molecule has 0 radical (unpaired) electrons. The Hall–Kier alpha value is -2.20. The first-order valence-electron chi connectivity index (χ1n) is 7.13. The molecule has 1 N–H and O–H groups in total. The van der Waals surface area contributed by atoms with Crippen molar-refractivity contribution in [3.05, 3.63) is 86.0 Å². The number of hydrogen-bond donors (Lipinski definition) is 1. The Labute approximate surface area is 136 Å². The van der Waals surface area contributed by atoms with Crippen molar-refractivity contribution >= 4 is 15.9 Å². The summed E-state index contributed by atoms with van der Waals surface area (Å²) in [6.07, 6.45) is 5.09. The van der Waals surface area contributed by atoms with Crippen LogP contribution in [0, 0.1) is 0 Å². The molecular formula is C18H13BrN2O. The van der Waals surface area contributed by atoms with E-state index in [-0.39, 0.29) is 5.56 Å². The van der Waals surface area contributed by atoms with Gasteiger partial charge in [-0.05, 0) is 52.9 Å². The molecule has 0 saturated carbocycles. The lowest BCUT2D eigenvalue weighted by molar-refractivity contribution is 1.02. The SMILES string of the molecule is O=c1[nH]c(Cc2cccnc2)cc2c1-c1ccc(Br)cc1C2. The first-order chi connectivity index (χ1) is 10.7. The summed E-state index contributed by atoms with van der Waals surface area (Å²) in [6.45, 7) is 0. The highest BCUT2D eigenvalue weighted by atomic mass is 79.9. The third-order valence-electron chi connectivity index (χ3n) is 4.01. The van der Waals surface area contributed by atoms with Gasteiger partial charge in [-0.1, -0.05) is 28.1 Å². The Balaban J connectivity index is 1.77. The lowest BCUT2D eigenvalue weighted by Gasteiger charge is -2.05. The molecule has 4 heteroatoms. The molecule has 3 aromatic rings. The Kier molecular flexibility index (Phi) is 3.19. The van der Waals surface area contributed by atoms with E-state index in [4.69, 9.17) is 0 Å². The number of nitrogens with one attached hydrogen (secondary N) is 1. The molecule has 2 heterocycles. The van der Waals surface area contributed by atoms with Crippen LogP contribution in [0.3, 0.4) is 0 Å². The highest BCUT2D eigenvalue weighted by Gasteiger charge is 2.22. The van der Waals surface area contributed by atoms with Crippen LogP contribution in [0.1, 0.15) is 22.4 Å². The van der Waals surface area contributed by atoms with E-state index in [1.165, 1.54) is 5.56 Å². The number of nitrogens with zero attached hydrogens (tertiary/aromatic N) is 1. The maximum absolute atomic E-state index is 12.5. The lowest BCUT2D eigenvalue weighted by Crippen LogP contribution is -2.12. The fraction of sp³-hybridized carbons (Fsp3) is 0.111. The zero-order chi connectivity index (χ0) is 15.1. The van der Waals surface area contributed by atoms with Gasteiger partial charge in [0.1, 0.15) is 0 Å². The predicted octanol–water partition coefficient (Wildman–Crippen LogP) is 3.69. The molecule has 0 fully saturated rings. The minimum atomic E-state index is -0.00235. The van der Waals surface area contributed by atoms with E-state index >= 15 is 0 Å². The number of aromatic amines is 1. The van der Waals surface area contributed by atoms with Gasteiger partial charge >= 0.3 is 0 Å². The van der Waals surface area contributed by atoms with E-state index in [2.05, 4.69) is 38.0 Å². The average Bonchev–Trinajstić information content (AvgIpc) is 2.85.